The van der Waals surface area contributed by atoms with Crippen molar-refractivity contribution in [2.24, 2.45) is 21.7 Å². The number of ether oxygens (including phenoxy) is 1. The normalized spacial score (nSPS) is 10.4. The van der Waals surface area contributed by atoms with Gasteiger partial charge in [-0.15, -0.1) is 5.10 Å². The third-order valence-corrected chi connectivity index (χ3v) is 2.52. The number of rotatable bonds is 5. The van der Waals surface area contributed by atoms with Gasteiger partial charge in [0.25, 0.3) is 5.69 Å². The highest BCUT2D eigenvalue weighted by Crippen LogP contribution is 2.24. The van der Waals surface area contributed by atoms with Gasteiger partial charge in [0.05, 0.1) is 11.1 Å². The number of nitrogens with zero attached hydrogens (tertiary/aromatic N) is 3. The quantitative estimate of drug-likeness (QED) is 0.377. The van der Waals surface area contributed by atoms with Crippen LogP contribution in [0, 0.1) is 10.1 Å². The monoisotopic (exact) mass is 299 g/mol. The van der Waals surface area contributed by atoms with E-state index in [9.17, 15) is 10.1 Å². The van der Waals surface area contributed by atoms with Crippen molar-refractivity contribution in [3.8, 4) is 11.5 Å². The molecule has 0 unspecified atom stereocenters. The van der Waals surface area contributed by atoms with Crippen LogP contribution in [0.25, 0.3) is 0 Å². The summed E-state index contributed by atoms with van der Waals surface area (Å²) >= 11 is 0. The summed E-state index contributed by atoms with van der Waals surface area (Å²) < 4.78 is 5.61. The van der Waals surface area contributed by atoms with E-state index in [0.29, 0.717) is 11.5 Å². The highest BCUT2D eigenvalue weighted by Gasteiger charge is 2.05. The van der Waals surface area contributed by atoms with Crippen molar-refractivity contribution in [1.29, 1.82) is 0 Å². The lowest BCUT2D eigenvalue weighted by atomic mass is 10.2. The molecule has 0 saturated heterocycles. The molecular formula is C14H13N5O3. The second-order valence-electron chi connectivity index (χ2n) is 4.19. The minimum atomic E-state index is -0.468. The molecule has 0 heterocycles. The fourth-order valence-corrected chi connectivity index (χ4v) is 1.59. The van der Waals surface area contributed by atoms with Crippen molar-refractivity contribution in [2.45, 2.75) is 0 Å². The lowest BCUT2D eigenvalue weighted by Crippen LogP contribution is -2.21. The maximum absolute atomic E-state index is 10.6. The van der Waals surface area contributed by atoms with Crippen LogP contribution in [0.1, 0.15) is 5.56 Å². The minimum Gasteiger partial charge on any atom is -0.457 e. The van der Waals surface area contributed by atoms with Crippen LogP contribution in [0.4, 0.5) is 5.69 Å². The van der Waals surface area contributed by atoms with Crippen molar-refractivity contribution in [3.63, 3.8) is 0 Å². The Kier molecular flexibility index (Phi) is 4.66. The molecule has 0 aliphatic heterocycles. The maximum Gasteiger partial charge on any atom is 0.269 e. The number of benzene rings is 2. The Bertz CT molecular complexity index is 722. The van der Waals surface area contributed by atoms with Gasteiger partial charge in [0.15, 0.2) is 0 Å². The third-order valence-electron chi connectivity index (χ3n) is 2.52. The van der Waals surface area contributed by atoms with E-state index < -0.39 is 4.92 Å². The summed E-state index contributed by atoms with van der Waals surface area (Å²) in [6, 6.07) is 12.9. The average Bonchev–Trinajstić information content (AvgIpc) is 2.48. The van der Waals surface area contributed by atoms with Gasteiger partial charge in [-0.05, 0) is 29.8 Å². The van der Waals surface area contributed by atoms with E-state index in [1.807, 2.05) is 0 Å². The number of nitrogens with two attached hydrogens (primary N) is 2. The van der Waals surface area contributed by atoms with Gasteiger partial charge in [0.2, 0.25) is 5.96 Å². The molecule has 0 radical (unpaired) electrons. The molecule has 2 aromatic carbocycles. The lowest BCUT2D eigenvalue weighted by Gasteiger charge is -2.05. The van der Waals surface area contributed by atoms with Crippen molar-refractivity contribution in [2.75, 3.05) is 0 Å². The van der Waals surface area contributed by atoms with E-state index >= 15 is 0 Å². The molecule has 0 aliphatic carbocycles. The number of nitro groups is 1. The highest BCUT2D eigenvalue weighted by atomic mass is 16.6. The zero-order valence-corrected chi connectivity index (χ0v) is 11.4. The van der Waals surface area contributed by atoms with Gasteiger partial charge >= 0.3 is 0 Å². The molecule has 22 heavy (non-hydrogen) atoms. The van der Waals surface area contributed by atoms with Crippen molar-refractivity contribution >= 4 is 17.9 Å². The van der Waals surface area contributed by atoms with Crippen LogP contribution in [0.5, 0.6) is 11.5 Å². The smallest absolute Gasteiger partial charge is 0.269 e. The van der Waals surface area contributed by atoms with Crippen LogP contribution in [0.15, 0.2) is 58.7 Å². The first kappa shape index (κ1) is 15.0. The van der Waals surface area contributed by atoms with E-state index in [0.717, 1.165) is 5.56 Å². The van der Waals surface area contributed by atoms with Crippen LogP contribution in [-0.4, -0.2) is 17.1 Å². The standard InChI is InChI=1S/C14H13N5O3/c15-14(16)18-17-9-10-2-1-3-13(8-10)22-12-6-4-11(5-7-12)19(20)21/h1-9H,(H4,15,16,18). The average molecular weight is 299 g/mol. The number of hydrogen-bond donors (Lipinski definition) is 2. The van der Waals surface area contributed by atoms with Gasteiger partial charge in [0.1, 0.15) is 11.5 Å². The number of guanidine groups is 1. The van der Waals surface area contributed by atoms with Gasteiger partial charge in [-0.3, -0.25) is 10.1 Å². The predicted octanol–water partition coefficient (Wildman–Crippen LogP) is 1.99. The van der Waals surface area contributed by atoms with E-state index in [1.54, 1.807) is 24.3 Å². The molecule has 8 heteroatoms. The van der Waals surface area contributed by atoms with Crippen LogP contribution in [-0.2, 0) is 0 Å². The fraction of sp³-hybridized carbons (Fsp3) is 0. The Labute approximate surface area is 125 Å². The van der Waals surface area contributed by atoms with Gasteiger partial charge in [-0.1, -0.05) is 12.1 Å². The molecule has 0 spiro atoms. The zero-order chi connectivity index (χ0) is 15.9. The number of hydrogen-bond acceptors (Lipinski definition) is 5. The van der Waals surface area contributed by atoms with Crippen LogP contribution < -0.4 is 16.2 Å². The van der Waals surface area contributed by atoms with Crippen LogP contribution in [0.3, 0.4) is 0 Å². The van der Waals surface area contributed by atoms with Crippen molar-refractivity contribution in [1.82, 2.24) is 0 Å². The van der Waals surface area contributed by atoms with Gasteiger partial charge < -0.3 is 16.2 Å². The van der Waals surface area contributed by atoms with E-state index in [1.165, 1.54) is 30.5 Å². The Morgan fingerprint density at radius 3 is 2.50 bits per heavy atom. The Balaban J connectivity index is 2.11. The Morgan fingerprint density at radius 2 is 1.86 bits per heavy atom. The Hall–Kier alpha value is -3.42. The summed E-state index contributed by atoms with van der Waals surface area (Å²) in [5, 5.41) is 17.8. The first-order chi connectivity index (χ1) is 10.5. The van der Waals surface area contributed by atoms with Gasteiger partial charge in [-0.2, -0.15) is 5.10 Å². The molecule has 0 aromatic heterocycles. The first-order valence-corrected chi connectivity index (χ1v) is 6.19. The second kappa shape index (κ2) is 6.84. The van der Waals surface area contributed by atoms with Crippen molar-refractivity contribution in [3.05, 3.63) is 64.2 Å². The van der Waals surface area contributed by atoms with E-state index in [-0.39, 0.29) is 11.6 Å². The lowest BCUT2D eigenvalue weighted by molar-refractivity contribution is -0.384. The molecule has 0 amide bonds. The summed E-state index contributed by atoms with van der Waals surface area (Å²) in [7, 11) is 0. The molecule has 0 atom stereocenters. The van der Waals surface area contributed by atoms with E-state index in [2.05, 4.69) is 10.2 Å². The molecule has 0 saturated carbocycles. The molecule has 0 bridgehead atoms. The fourth-order valence-electron chi connectivity index (χ4n) is 1.59. The molecule has 2 aromatic rings. The maximum atomic E-state index is 10.6. The molecule has 0 aliphatic rings. The largest absolute Gasteiger partial charge is 0.457 e. The van der Waals surface area contributed by atoms with Crippen LogP contribution in [0.2, 0.25) is 0 Å². The number of non-ortho nitro benzene ring substituents is 1. The zero-order valence-electron chi connectivity index (χ0n) is 11.4. The minimum absolute atomic E-state index is 0.00506. The van der Waals surface area contributed by atoms with E-state index in [4.69, 9.17) is 16.2 Å². The predicted molar refractivity (Wildman–Crippen MR) is 83.0 cm³/mol. The van der Waals surface area contributed by atoms with Gasteiger partial charge in [-0.25, -0.2) is 0 Å². The van der Waals surface area contributed by atoms with Gasteiger partial charge in [0, 0.05) is 12.1 Å². The summed E-state index contributed by atoms with van der Waals surface area (Å²) in [6.07, 6.45) is 1.47. The molecule has 4 N–H and O–H groups in total. The summed E-state index contributed by atoms with van der Waals surface area (Å²) in [4.78, 5) is 10.1. The SMILES string of the molecule is NC(N)=NN=Cc1cccc(Oc2ccc([N+](=O)[O-])cc2)c1. The molecular weight excluding hydrogens is 286 g/mol. The summed E-state index contributed by atoms with van der Waals surface area (Å²) in [6.45, 7) is 0. The molecule has 112 valence electrons. The molecule has 8 nitrogen and oxygen atoms in total. The number of nitro benzene ring substituents is 1. The summed E-state index contributed by atoms with van der Waals surface area (Å²) in [5.41, 5.74) is 11.1. The molecule has 0 fully saturated rings. The second-order valence-corrected chi connectivity index (χ2v) is 4.19. The van der Waals surface area contributed by atoms with Crippen LogP contribution >= 0.6 is 0 Å². The first-order valence-electron chi connectivity index (χ1n) is 6.19. The Morgan fingerprint density at radius 1 is 1.14 bits per heavy atom. The topological polar surface area (TPSA) is 129 Å². The molecule has 2 rings (SSSR count). The highest BCUT2D eigenvalue weighted by molar-refractivity contribution is 5.82. The summed E-state index contributed by atoms with van der Waals surface area (Å²) in [5.74, 6) is 0.918. The van der Waals surface area contributed by atoms with Crippen molar-refractivity contribution < 1.29 is 9.66 Å². The third kappa shape index (κ3) is 4.30.